The Morgan fingerprint density at radius 2 is 1.74 bits per heavy atom. The van der Waals surface area contributed by atoms with Crippen molar-refractivity contribution in [2.45, 2.75) is 52.7 Å². The number of benzene rings is 1. The van der Waals surface area contributed by atoms with Gasteiger partial charge < -0.3 is 10.0 Å². The molecule has 0 bridgehead atoms. The maximum Gasteiger partial charge on any atom is 0.0672 e. The van der Waals surface area contributed by atoms with Crippen LogP contribution < -0.4 is 0 Å². The highest BCUT2D eigenvalue weighted by atomic mass is 16.3. The van der Waals surface area contributed by atoms with Gasteiger partial charge in [-0.2, -0.15) is 0 Å². The number of aliphatic hydroxyl groups excluding tert-OH is 1. The minimum atomic E-state index is -0.137. The number of likely N-dealkylation sites (N-methyl/N-ethyl adjacent to an activating group) is 1. The van der Waals surface area contributed by atoms with Crippen molar-refractivity contribution in [3.63, 3.8) is 0 Å². The van der Waals surface area contributed by atoms with Gasteiger partial charge in [-0.05, 0) is 87.8 Å². The van der Waals surface area contributed by atoms with Gasteiger partial charge >= 0.3 is 0 Å². The molecule has 0 radical (unpaired) electrons. The fourth-order valence-electron chi connectivity index (χ4n) is 4.61. The quantitative estimate of drug-likeness (QED) is 0.909. The van der Waals surface area contributed by atoms with Gasteiger partial charge in [-0.3, -0.25) is 4.90 Å². The van der Waals surface area contributed by atoms with Crippen LogP contribution in [0.3, 0.4) is 0 Å². The normalized spacial score (nSPS) is 25.9. The van der Waals surface area contributed by atoms with Crippen LogP contribution in [0.4, 0.5) is 0 Å². The summed E-state index contributed by atoms with van der Waals surface area (Å²) in [5, 5.41) is 10.1. The molecule has 0 saturated carbocycles. The first kappa shape index (κ1) is 16.9. The molecule has 1 atom stereocenters. The van der Waals surface area contributed by atoms with Crippen molar-refractivity contribution in [3.8, 4) is 0 Å². The summed E-state index contributed by atoms with van der Waals surface area (Å²) in [5.74, 6) is 0. The molecule has 1 N–H and O–H groups in total. The summed E-state index contributed by atoms with van der Waals surface area (Å²) in [7, 11) is 2.15. The molecular weight excluding hydrogens is 284 g/mol. The number of piperidine rings is 2. The molecular formula is C20H32N2O. The van der Waals surface area contributed by atoms with E-state index in [1.165, 1.54) is 35.1 Å². The zero-order valence-corrected chi connectivity index (χ0v) is 15.2. The lowest BCUT2D eigenvalue weighted by atomic mass is 9.71. The molecule has 2 fully saturated rings. The van der Waals surface area contributed by atoms with Crippen molar-refractivity contribution >= 4 is 0 Å². The Balaban J connectivity index is 1.62. The van der Waals surface area contributed by atoms with Gasteiger partial charge in [0.1, 0.15) is 0 Å². The minimum absolute atomic E-state index is 0.137. The molecule has 1 unspecified atom stereocenters. The zero-order chi connectivity index (χ0) is 16.6. The summed E-state index contributed by atoms with van der Waals surface area (Å²) >= 11 is 0. The number of β-amino-alcohol motifs (C(OH)–C–C–N with tert-alkyl or cyclic N) is 1. The van der Waals surface area contributed by atoms with Crippen LogP contribution in [0.2, 0.25) is 0 Å². The van der Waals surface area contributed by atoms with Crippen LogP contribution in [-0.4, -0.2) is 54.2 Å². The molecule has 3 rings (SSSR count). The molecule has 2 aliphatic heterocycles. The van der Waals surface area contributed by atoms with Gasteiger partial charge in [0.2, 0.25) is 0 Å². The molecule has 3 heteroatoms. The number of aryl methyl sites for hydroxylation is 3. The smallest absolute Gasteiger partial charge is 0.0672 e. The molecule has 1 aromatic rings. The number of hydrogen-bond acceptors (Lipinski definition) is 3. The lowest BCUT2D eigenvalue weighted by Gasteiger charge is -2.48. The van der Waals surface area contributed by atoms with Crippen molar-refractivity contribution in [1.29, 1.82) is 0 Å². The van der Waals surface area contributed by atoms with Crippen LogP contribution in [0.1, 0.15) is 41.5 Å². The maximum atomic E-state index is 10.1. The van der Waals surface area contributed by atoms with E-state index in [-0.39, 0.29) is 6.10 Å². The number of rotatable bonds is 2. The van der Waals surface area contributed by atoms with E-state index in [0.29, 0.717) is 5.41 Å². The van der Waals surface area contributed by atoms with Crippen LogP contribution >= 0.6 is 0 Å². The first-order valence-corrected chi connectivity index (χ1v) is 9.03. The largest absolute Gasteiger partial charge is 0.392 e. The molecule has 3 nitrogen and oxygen atoms in total. The van der Waals surface area contributed by atoms with E-state index in [1.54, 1.807) is 0 Å². The molecule has 128 valence electrons. The number of nitrogens with zero attached hydrogens (tertiary/aromatic N) is 2. The van der Waals surface area contributed by atoms with Gasteiger partial charge in [-0.1, -0.05) is 12.1 Å². The van der Waals surface area contributed by atoms with Crippen LogP contribution in [0, 0.1) is 26.2 Å². The number of aliphatic hydroxyl groups is 1. The molecule has 23 heavy (non-hydrogen) atoms. The molecule has 2 saturated heterocycles. The van der Waals surface area contributed by atoms with Crippen LogP contribution in [0.15, 0.2) is 12.1 Å². The summed E-state index contributed by atoms with van der Waals surface area (Å²) in [4.78, 5) is 4.92. The fourth-order valence-corrected chi connectivity index (χ4v) is 4.61. The Kier molecular flexibility index (Phi) is 4.82. The molecule has 1 spiro atoms. The van der Waals surface area contributed by atoms with Crippen LogP contribution in [-0.2, 0) is 6.54 Å². The van der Waals surface area contributed by atoms with Gasteiger partial charge in [0.25, 0.3) is 0 Å². The predicted molar refractivity (Wildman–Crippen MR) is 95.7 cm³/mol. The van der Waals surface area contributed by atoms with E-state index in [4.69, 9.17) is 0 Å². The second-order valence-corrected chi connectivity index (χ2v) is 8.19. The van der Waals surface area contributed by atoms with E-state index in [9.17, 15) is 5.11 Å². The average molecular weight is 316 g/mol. The van der Waals surface area contributed by atoms with E-state index in [0.717, 1.165) is 39.1 Å². The van der Waals surface area contributed by atoms with Crippen LogP contribution in [0.5, 0.6) is 0 Å². The molecule has 0 aromatic heterocycles. The summed E-state index contributed by atoms with van der Waals surface area (Å²) in [6.07, 6.45) is 3.30. The Hall–Kier alpha value is -0.900. The van der Waals surface area contributed by atoms with Gasteiger partial charge in [-0.15, -0.1) is 0 Å². The number of hydrogen-bond donors (Lipinski definition) is 1. The van der Waals surface area contributed by atoms with Crippen molar-refractivity contribution in [2.24, 2.45) is 5.41 Å². The van der Waals surface area contributed by atoms with Crippen molar-refractivity contribution in [3.05, 3.63) is 34.4 Å². The Morgan fingerprint density at radius 3 is 2.39 bits per heavy atom. The Morgan fingerprint density at radius 1 is 1.09 bits per heavy atom. The summed E-state index contributed by atoms with van der Waals surface area (Å²) in [5.41, 5.74) is 6.03. The van der Waals surface area contributed by atoms with Gasteiger partial charge in [-0.25, -0.2) is 0 Å². The van der Waals surface area contributed by atoms with Gasteiger partial charge in [0, 0.05) is 19.6 Å². The van der Waals surface area contributed by atoms with Crippen molar-refractivity contribution in [2.75, 3.05) is 33.2 Å². The molecule has 1 aromatic carbocycles. The van der Waals surface area contributed by atoms with Gasteiger partial charge in [0.05, 0.1) is 6.10 Å². The second kappa shape index (κ2) is 6.54. The third kappa shape index (κ3) is 3.78. The average Bonchev–Trinajstić information content (AvgIpc) is 2.46. The molecule has 2 aliphatic rings. The van der Waals surface area contributed by atoms with E-state index >= 15 is 0 Å². The molecule has 0 amide bonds. The first-order valence-electron chi connectivity index (χ1n) is 9.03. The van der Waals surface area contributed by atoms with E-state index in [1.807, 2.05) is 0 Å². The molecule has 0 aliphatic carbocycles. The van der Waals surface area contributed by atoms with E-state index in [2.05, 4.69) is 49.8 Å². The van der Waals surface area contributed by atoms with Gasteiger partial charge in [0.15, 0.2) is 0 Å². The standard InChI is InChI=1S/C20H32N2O/c1-15-9-17(3)18(10-16(15)2)12-22-7-5-20(6-8-22)11-19(23)13-21(4)14-20/h9-10,19,23H,5-8,11-14H2,1-4H3. The topological polar surface area (TPSA) is 26.7 Å². The monoisotopic (exact) mass is 316 g/mol. The lowest BCUT2D eigenvalue weighted by Crippen LogP contribution is -2.52. The highest BCUT2D eigenvalue weighted by Gasteiger charge is 2.40. The first-order chi connectivity index (χ1) is 10.9. The number of likely N-dealkylation sites (tertiary alicyclic amines) is 2. The third-order valence-electron chi connectivity index (χ3n) is 6.06. The minimum Gasteiger partial charge on any atom is -0.392 e. The highest BCUT2D eigenvalue weighted by Crippen LogP contribution is 2.39. The third-order valence-corrected chi connectivity index (χ3v) is 6.06. The fraction of sp³-hybridized carbons (Fsp3) is 0.700. The van der Waals surface area contributed by atoms with Crippen molar-refractivity contribution in [1.82, 2.24) is 9.80 Å². The maximum absolute atomic E-state index is 10.1. The highest BCUT2D eigenvalue weighted by molar-refractivity contribution is 5.36. The Bertz CT molecular complexity index is 549. The zero-order valence-electron chi connectivity index (χ0n) is 15.2. The van der Waals surface area contributed by atoms with Crippen molar-refractivity contribution < 1.29 is 5.11 Å². The SMILES string of the molecule is Cc1cc(C)c(CN2CCC3(CC2)CC(O)CN(C)C3)cc1C. The van der Waals surface area contributed by atoms with Crippen LogP contribution in [0.25, 0.3) is 0 Å². The van der Waals surface area contributed by atoms with E-state index < -0.39 is 0 Å². The summed E-state index contributed by atoms with van der Waals surface area (Å²) < 4.78 is 0. The predicted octanol–water partition coefficient (Wildman–Crippen LogP) is 2.89. The summed E-state index contributed by atoms with van der Waals surface area (Å²) in [6.45, 7) is 12.0. The lowest BCUT2D eigenvalue weighted by molar-refractivity contribution is -0.0331. The summed E-state index contributed by atoms with van der Waals surface area (Å²) in [6, 6.07) is 4.69. The second-order valence-electron chi connectivity index (χ2n) is 8.19. The molecule has 2 heterocycles. The Labute approximate surface area is 141 Å².